The van der Waals surface area contributed by atoms with Gasteiger partial charge in [-0.05, 0) is 42.5 Å². The minimum Gasteiger partial charge on any atom is -0.409 e. The number of carbonyl (C=O) groups is 2. The first kappa shape index (κ1) is 26.8. The van der Waals surface area contributed by atoms with Gasteiger partial charge in [0.25, 0.3) is 0 Å². The fourth-order valence-electron chi connectivity index (χ4n) is 2.28. The molecule has 2 rings (SSSR count). The molecule has 0 spiro atoms. The van der Waals surface area contributed by atoms with Gasteiger partial charge in [-0.3, -0.25) is 4.79 Å². The van der Waals surface area contributed by atoms with Crippen LogP contribution >= 0.6 is 58.0 Å². The molecular formula is C18H16Cl5N3O5S. The molecule has 8 nitrogen and oxygen atoms in total. The van der Waals surface area contributed by atoms with Crippen molar-refractivity contribution >= 4 is 85.7 Å². The molecule has 0 aromatic heterocycles. The summed E-state index contributed by atoms with van der Waals surface area (Å²) in [5, 5.41) is 5.20. The number of rotatable bonds is 7. The third-order valence-corrected chi connectivity index (χ3v) is 6.51. The van der Waals surface area contributed by atoms with Crippen LogP contribution in [-0.4, -0.2) is 36.8 Å². The van der Waals surface area contributed by atoms with Crippen LogP contribution < -0.4 is 20.1 Å². The lowest BCUT2D eigenvalue weighted by Crippen LogP contribution is -2.51. The van der Waals surface area contributed by atoms with Crippen LogP contribution in [-0.2, 0) is 14.8 Å². The van der Waals surface area contributed by atoms with E-state index in [1.54, 1.807) is 0 Å². The van der Waals surface area contributed by atoms with Crippen LogP contribution in [0, 0.1) is 0 Å². The zero-order chi connectivity index (χ0) is 24.1. The molecule has 0 aliphatic heterocycles. The first-order valence-corrected chi connectivity index (χ1v) is 12.0. The average Bonchev–Trinajstić information content (AvgIpc) is 2.66. The van der Waals surface area contributed by atoms with Crippen molar-refractivity contribution in [2.45, 2.75) is 21.7 Å². The molecule has 2 aromatic rings. The molecule has 32 heavy (non-hydrogen) atoms. The Morgan fingerprint density at radius 3 is 2.22 bits per heavy atom. The monoisotopic (exact) mass is 561 g/mol. The molecule has 0 heterocycles. The second kappa shape index (κ2) is 11.1. The molecule has 2 aromatic carbocycles. The van der Waals surface area contributed by atoms with Crippen molar-refractivity contribution in [3.63, 3.8) is 0 Å². The lowest BCUT2D eigenvalue weighted by atomic mass is 10.3. The Morgan fingerprint density at radius 2 is 1.69 bits per heavy atom. The molecule has 1 unspecified atom stereocenters. The van der Waals surface area contributed by atoms with Crippen molar-refractivity contribution in [1.82, 2.24) is 10.0 Å². The number of halogens is 5. The van der Waals surface area contributed by atoms with E-state index in [4.69, 9.17) is 62.7 Å². The Balaban J connectivity index is 2.07. The summed E-state index contributed by atoms with van der Waals surface area (Å²) in [7, 11) is -4.03. The predicted molar refractivity (Wildman–Crippen MR) is 126 cm³/mol. The summed E-state index contributed by atoms with van der Waals surface area (Å²) in [4.78, 5) is 23.2. The van der Waals surface area contributed by atoms with Crippen molar-refractivity contribution in [3.05, 3.63) is 52.5 Å². The second-order valence-corrected chi connectivity index (χ2v) is 11.2. The Labute approximate surface area is 209 Å². The maximum Gasteiger partial charge on any atom is 0.413 e. The third-order valence-electron chi connectivity index (χ3n) is 3.75. The highest BCUT2D eigenvalue weighted by atomic mass is 35.6. The number of alkyl halides is 3. The zero-order valence-corrected chi connectivity index (χ0v) is 20.8. The smallest absolute Gasteiger partial charge is 0.409 e. The quantitative estimate of drug-likeness (QED) is 0.421. The van der Waals surface area contributed by atoms with Gasteiger partial charge in [0.15, 0.2) is 5.75 Å². The van der Waals surface area contributed by atoms with Crippen molar-refractivity contribution < 1.29 is 22.7 Å². The summed E-state index contributed by atoms with van der Waals surface area (Å²) in [6.07, 6.45) is -1.04. The van der Waals surface area contributed by atoms with Crippen molar-refractivity contribution in [3.8, 4) is 5.75 Å². The van der Waals surface area contributed by atoms with Gasteiger partial charge >= 0.3 is 6.09 Å². The number of hydrogen-bond acceptors (Lipinski definition) is 5. The van der Waals surface area contributed by atoms with Crippen molar-refractivity contribution in [2.75, 3.05) is 11.9 Å². The Kier molecular flexibility index (Phi) is 9.30. The van der Waals surface area contributed by atoms with E-state index in [0.717, 1.165) is 0 Å². The third kappa shape index (κ3) is 8.15. The highest BCUT2D eigenvalue weighted by Crippen LogP contribution is 2.31. The molecule has 1 atom stereocenters. The minimum absolute atomic E-state index is 0.00326. The van der Waals surface area contributed by atoms with Gasteiger partial charge in [-0.15, -0.1) is 0 Å². The Bertz CT molecular complexity index is 1090. The molecule has 0 fully saturated rings. The first-order valence-electron chi connectivity index (χ1n) is 8.65. The minimum atomic E-state index is -4.03. The lowest BCUT2D eigenvalue weighted by Gasteiger charge is -2.25. The summed E-state index contributed by atoms with van der Waals surface area (Å²) < 4.78 is 30.3. The SMILES string of the molecule is CC(=O)Nc1ccc(S(=O)(=O)NCC(NC(=O)Oc2ccc(Cl)cc2Cl)C(Cl)(Cl)Cl)cc1. The van der Waals surface area contributed by atoms with Crippen LogP contribution in [0.15, 0.2) is 47.4 Å². The van der Waals surface area contributed by atoms with E-state index in [9.17, 15) is 18.0 Å². The second-order valence-electron chi connectivity index (χ2n) is 6.26. The van der Waals surface area contributed by atoms with Crippen molar-refractivity contribution in [1.29, 1.82) is 0 Å². The van der Waals surface area contributed by atoms with Crippen LogP contribution in [0.25, 0.3) is 0 Å². The molecule has 0 radical (unpaired) electrons. The number of ether oxygens (including phenoxy) is 1. The van der Waals surface area contributed by atoms with E-state index >= 15 is 0 Å². The fourth-order valence-corrected chi connectivity index (χ4v) is 4.16. The molecule has 0 aliphatic carbocycles. The number of nitrogens with one attached hydrogen (secondary N) is 3. The van der Waals surface area contributed by atoms with Gasteiger partial charge in [0, 0.05) is 24.2 Å². The van der Waals surface area contributed by atoms with Crippen LogP contribution in [0.5, 0.6) is 5.75 Å². The summed E-state index contributed by atoms with van der Waals surface area (Å²) in [6, 6.07) is 8.25. The number of carbonyl (C=O) groups excluding carboxylic acids is 2. The maximum absolute atomic E-state index is 12.5. The van der Waals surface area contributed by atoms with Gasteiger partial charge in [-0.2, -0.15) is 0 Å². The molecule has 14 heteroatoms. The lowest BCUT2D eigenvalue weighted by molar-refractivity contribution is -0.114. The van der Waals surface area contributed by atoms with E-state index in [0.29, 0.717) is 10.7 Å². The molecule has 2 amide bonds. The molecule has 0 saturated carbocycles. The topological polar surface area (TPSA) is 114 Å². The van der Waals surface area contributed by atoms with Gasteiger partial charge in [-0.25, -0.2) is 17.9 Å². The Hall–Kier alpha value is -1.46. The van der Waals surface area contributed by atoms with Crippen LogP contribution in [0.4, 0.5) is 10.5 Å². The zero-order valence-electron chi connectivity index (χ0n) is 16.2. The van der Waals surface area contributed by atoms with Gasteiger partial charge in [0.05, 0.1) is 16.0 Å². The number of benzene rings is 2. The molecule has 174 valence electrons. The molecule has 3 N–H and O–H groups in total. The van der Waals surface area contributed by atoms with E-state index in [-0.39, 0.29) is 21.6 Å². The summed E-state index contributed by atoms with van der Waals surface area (Å²) >= 11 is 29.4. The predicted octanol–water partition coefficient (Wildman–Crippen LogP) is 4.76. The van der Waals surface area contributed by atoms with Gasteiger partial charge in [-0.1, -0.05) is 58.0 Å². The van der Waals surface area contributed by atoms with Crippen LogP contribution in [0.3, 0.4) is 0 Å². The van der Waals surface area contributed by atoms with E-state index in [1.807, 2.05) is 0 Å². The fraction of sp³-hybridized carbons (Fsp3) is 0.222. The number of anilines is 1. The molecule has 0 aliphatic rings. The number of amides is 2. The van der Waals surface area contributed by atoms with E-state index in [1.165, 1.54) is 49.4 Å². The van der Waals surface area contributed by atoms with Crippen LogP contribution in [0.2, 0.25) is 10.0 Å². The summed E-state index contributed by atoms with van der Waals surface area (Å²) in [5.74, 6) is -0.307. The first-order chi connectivity index (χ1) is 14.8. The number of hydrogen-bond donors (Lipinski definition) is 3. The highest BCUT2D eigenvalue weighted by molar-refractivity contribution is 7.89. The summed E-state index contributed by atoms with van der Waals surface area (Å²) in [5.41, 5.74) is 0.417. The Morgan fingerprint density at radius 1 is 1.06 bits per heavy atom. The summed E-state index contributed by atoms with van der Waals surface area (Å²) in [6.45, 7) is 0.845. The molecule has 0 bridgehead atoms. The van der Waals surface area contributed by atoms with E-state index < -0.39 is 32.5 Å². The van der Waals surface area contributed by atoms with Gasteiger partial charge in [0.2, 0.25) is 19.7 Å². The van der Waals surface area contributed by atoms with Gasteiger partial charge in [0.1, 0.15) is 0 Å². The van der Waals surface area contributed by atoms with Crippen LogP contribution in [0.1, 0.15) is 6.92 Å². The largest absolute Gasteiger partial charge is 0.413 e. The molecule has 0 saturated heterocycles. The number of sulfonamides is 1. The maximum atomic E-state index is 12.5. The average molecular weight is 564 g/mol. The highest BCUT2D eigenvalue weighted by Gasteiger charge is 2.35. The van der Waals surface area contributed by atoms with Crippen molar-refractivity contribution in [2.24, 2.45) is 0 Å². The van der Waals surface area contributed by atoms with E-state index in [2.05, 4.69) is 15.4 Å². The standard InChI is InChI=1S/C18H16Cl5N3O5S/c1-10(27)25-12-3-5-13(6-4-12)32(29,30)24-9-16(18(21,22)23)26-17(28)31-15-7-2-11(19)8-14(15)20/h2-8,16,24H,9H2,1H3,(H,25,27)(H,26,28). The molecular weight excluding hydrogens is 548 g/mol. The van der Waals surface area contributed by atoms with Gasteiger partial charge < -0.3 is 15.4 Å². The normalized spacial score (nSPS) is 12.7.